The minimum atomic E-state index is 0.268. The molecule has 2 aromatic carbocycles. The number of nitrogens with one attached hydrogen (secondary N) is 1. The molecule has 1 aliphatic rings. The van der Waals surface area contributed by atoms with Gasteiger partial charge in [0, 0.05) is 4.90 Å². The highest BCUT2D eigenvalue weighted by molar-refractivity contribution is 7.97. The summed E-state index contributed by atoms with van der Waals surface area (Å²) in [6.45, 7) is 11.4. The number of benzene rings is 2. The number of hydrogen-bond acceptors (Lipinski definition) is 5. The highest BCUT2D eigenvalue weighted by Gasteiger charge is 2.15. The Labute approximate surface area is 228 Å². The number of nitrogens with zero attached hydrogens (tertiary/aromatic N) is 1. The number of aldehydes is 1. The van der Waals surface area contributed by atoms with Gasteiger partial charge in [-0.05, 0) is 75.0 Å². The largest absolute Gasteiger partial charge is 0.396 e. The number of nitrogen functional groups attached to an aromatic ring is 1. The number of carbonyl (C=O) groups excluding carboxylic acids is 1. The topological polar surface area (TPSA) is 58.4 Å². The van der Waals surface area contributed by atoms with Crippen LogP contribution in [0.15, 0.2) is 47.4 Å². The van der Waals surface area contributed by atoms with Crippen LogP contribution in [-0.4, -0.2) is 37.9 Å². The summed E-state index contributed by atoms with van der Waals surface area (Å²) in [4.78, 5) is 13.3. The molecule has 35 heavy (non-hydrogen) atoms. The van der Waals surface area contributed by atoms with Gasteiger partial charge in [0.15, 0.2) is 0 Å². The van der Waals surface area contributed by atoms with Gasteiger partial charge in [-0.25, -0.2) is 0 Å². The zero-order chi connectivity index (χ0) is 26.5. The maximum Gasteiger partial charge on any atom is 0.134 e. The molecule has 3 rings (SSSR count). The molecule has 0 aliphatic carbocycles. The molecule has 198 valence electrons. The van der Waals surface area contributed by atoms with Crippen molar-refractivity contribution in [3.05, 3.63) is 58.1 Å². The monoisotopic (exact) mass is 541 g/mol. The SMILES string of the molecule is CC.CCCCC1CCN(C)CC1.CCc1ccccc1.Nc1c(Cl)cc(SNCC=O)cc1Cl. The van der Waals surface area contributed by atoms with Gasteiger partial charge < -0.3 is 15.4 Å². The summed E-state index contributed by atoms with van der Waals surface area (Å²) in [7, 11) is 2.23. The minimum absolute atomic E-state index is 0.268. The van der Waals surface area contributed by atoms with Crippen molar-refractivity contribution in [2.24, 2.45) is 5.92 Å². The molecule has 0 bridgehead atoms. The van der Waals surface area contributed by atoms with Gasteiger partial charge in [-0.3, -0.25) is 4.72 Å². The second-order valence-corrected chi connectivity index (χ2v) is 9.92. The maximum atomic E-state index is 10.0. The van der Waals surface area contributed by atoms with Crippen LogP contribution in [0.4, 0.5) is 5.69 Å². The van der Waals surface area contributed by atoms with Crippen LogP contribution in [0.1, 0.15) is 65.4 Å². The molecule has 0 atom stereocenters. The van der Waals surface area contributed by atoms with E-state index in [1.54, 1.807) is 12.1 Å². The Kier molecular flexibility index (Phi) is 21.2. The Morgan fingerprint density at radius 1 is 1.09 bits per heavy atom. The van der Waals surface area contributed by atoms with Gasteiger partial charge >= 0.3 is 0 Å². The minimum Gasteiger partial charge on any atom is -0.396 e. The molecule has 1 aliphatic heterocycles. The molecule has 7 heteroatoms. The summed E-state index contributed by atoms with van der Waals surface area (Å²) in [5.74, 6) is 1.05. The highest BCUT2D eigenvalue weighted by Crippen LogP contribution is 2.32. The van der Waals surface area contributed by atoms with Crippen molar-refractivity contribution in [2.75, 3.05) is 32.4 Å². The van der Waals surface area contributed by atoms with Crippen molar-refractivity contribution in [3.8, 4) is 0 Å². The molecule has 2 aromatic rings. The fourth-order valence-electron chi connectivity index (χ4n) is 3.34. The van der Waals surface area contributed by atoms with Crippen LogP contribution in [0.2, 0.25) is 10.0 Å². The van der Waals surface area contributed by atoms with Gasteiger partial charge in [0.1, 0.15) is 6.29 Å². The lowest BCUT2D eigenvalue weighted by molar-refractivity contribution is -0.106. The summed E-state index contributed by atoms with van der Waals surface area (Å²) in [6.07, 6.45) is 9.08. The van der Waals surface area contributed by atoms with Gasteiger partial charge in [-0.15, -0.1) is 0 Å². The molecule has 1 saturated heterocycles. The number of nitrogens with two attached hydrogens (primary N) is 1. The summed E-state index contributed by atoms with van der Waals surface area (Å²) < 4.78 is 2.82. The van der Waals surface area contributed by atoms with E-state index in [-0.39, 0.29) is 6.54 Å². The quantitative estimate of drug-likeness (QED) is 0.153. The normalized spacial score (nSPS) is 13.3. The third-order valence-electron chi connectivity index (χ3n) is 5.46. The van der Waals surface area contributed by atoms with Crippen molar-refractivity contribution >= 4 is 47.1 Å². The number of aryl methyl sites for hydroxylation is 1. The number of likely N-dealkylation sites (tertiary alicyclic amines) is 1. The second kappa shape index (κ2) is 22.0. The molecule has 1 heterocycles. The van der Waals surface area contributed by atoms with Crippen LogP contribution < -0.4 is 10.5 Å². The summed E-state index contributed by atoms with van der Waals surface area (Å²) in [6, 6.07) is 13.8. The van der Waals surface area contributed by atoms with E-state index >= 15 is 0 Å². The zero-order valence-electron chi connectivity index (χ0n) is 22.2. The summed E-state index contributed by atoms with van der Waals surface area (Å²) in [5.41, 5.74) is 7.33. The Balaban J connectivity index is 0.000000494. The number of rotatable bonds is 8. The average molecular weight is 543 g/mol. The van der Waals surface area contributed by atoms with E-state index in [2.05, 4.69) is 54.8 Å². The maximum absolute atomic E-state index is 10.0. The lowest BCUT2D eigenvalue weighted by atomic mass is 9.92. The smallest absolute Gasteiger partial charge is 0.134 e. The fraction of sp³-hybridized carbons (Fsp3) is 0.536. The van der Waals surface area contributed by atoms with Crippen LogP contribution in [0.3, 0.4) is 0 Å². The number of carbonyl (C=O) groups is 1. The van der Waals surface area contributed by atoms with Crippen LogP contribution in [-0.2, 0) is 11.2 Å². The van der Waals surface area contributed by atoms with Crippen molar-refractivity contribution < 1.29 is 4.79 Å². The summed E-state index contributed by atoms with van der Waals surface area (Å²) >= 11 is 12.9. The van der Waals surface area contributed by atoms with Crippen LogP contribution in [0, 0.1) is 5.92 Å². The van der Waals surface area contributed by atoms with Gasteiger partial charge in [0.2, 0.25) is 0 Å². The highest BCUT2D eigenvalue weighted by atomic mass is 35.5. The van der Waals surface area contributed by atoms with Crippen LogP contribution in [0.25, 0.3) is 0 Å². The van der Waals surface area contributed by atoms with E-state index in [1.165, 1.54) is 62.7 Å². The van der Waals surface area contributed by atoms with Gasteiger partial charge in [0.05, 0.1) is 22.3 Å². The van der Waals surface area contributed by atoms with Crippen molar-refractivity contribution in [1.82, 2.24) is 9.62 Å². The molecule has 0 radical (unpaired) electrons. The molecular formula is C28H45Cl2N3OS. The van der Waals surface area contributed by atoms with E-state index in [1.807, 2.05) is 19.9 Å². The standard InChI is InChI=1S/C10H21N.C8H8Cl2N2OS.C8H10.C2H6/c1-3-4-5-10-6-8-11(2)9-7-10;9-6-3-5(14-12-1-2-13)4-7(10)8(6)11;1-2-8-6-4-3-5-7-8;1-2/h10H,3-9H2,1-2H3;2-4,12H,1,11H2;3-7H,2H2,1H3;1-2H3. The number of anilines is 1. The Morgan fingerprint density at radius 2 is 1.66 bits per heavy atom. The van der Waals surface area contributed by atoms with Crippen molar-refractivity contribution in [3.63, 3.8) is 0 Å². The summed E-state index contributed by atoms with van der Waals surface area (Å²) in [5, 5.41) is 0.820. The molecule has 0 amide bonds. The molecule has 0 spiro atoms. The molecule has 3 N–H and O–H groups in total. The van der Waals surface area contributed by atoms with E-state index in [4.69, 9.17) is 28.9 Å². The lowest BCUT2D eigenvalue weighted by Crippen LogP contribution is -2.30. The van der Waals surface area contributed by atoms with Gasteiger partial charge in [-0.1, -0.05) is 100 Å². The molecule has 0 saturated carbocycles. The van der Waals surface area contributed by atoms with Gasteiger partial charge in [0.25, 0.3) is 0 Å². The number of hydrogen-bond donors (Lipinski definition) is 2. The third kappa shape index (κ3) is 16.2. The first kappa shape index (κ1) is 33.8. The predicted molar refractivity (Wildman–Crippen MR) is 158 cm³/mol. The number of unbranched alkanes of at least 4 members (excludes halogenated alkanes) is 1. The Hall–Kier alpha value is -1.24. The van der Waals surface area contributed by atoms with Crippen molar-refractivity contribution in [2.45, 2.75) is 71.1 Å². The second-order valence-electron chi connectivity index (χ2n) is 8.15. The zero-order valence-corrected chi connectivity index (χ0v) is 24.5. The third-order valence-corrected chi connectivity index (χ3v) is 6.87. The van der Waals surface area contributed by atoms with Crippen molar-refractivity contribution in [1.29, 1.82) is 0 Å². The van der Waals surface area contributed by atoms with E-state index < -0.39 is 0 Å². The lowest BCUT2D eigenvalue weighted by Gasteiger charge is -2.28. The van der Waals surface area contributed by atoms with Crippen LogP contribution >= 0.6 is 35.1 Å². The first-order valence-electron chi connectivity index (χ1n) is 12.7. The Bertz CT molecular complexity index is 759. The number of halogens is 2. The van der Waals surface area contributed by atoms with E-state index in [0.717, 1.165) is 23.5 Å². The molecule has 0 aromatic heterocycles. The fourth-order valence-corrected chi connectivity index (χ4v) is 4.62. The number of piperidine rings is 1. The van der Waals surface area contributed by atoms with E-state index in [0.29, 0.717) is 15.7 Å². The first-order chi connectivity index (χ1) is 16.9. The molecule has 0 unspecified atom stereocenters. The Morgan fingerprint density at radius 3 is 2.11 bits per heavy atom. The predicted octanol–water partition coefficient (Wildman–Crippen LogP) is 8.16. The van der Waals surface area contributed by atoms with Gasteiger partial charge in [-0.2, -0.15) is 0 Å². The average Bonchev–Trinajstić information content (AvgIpc) is 2.89. The first-order valence-corrected chi connectivity index (χ1v) is 14.3. The molecule has 1 fully saturated rings. The molecule has 4 nitrogen and oxygen atoms in total. The van der Waals surface area contributed by atoms with E-state index in [9.17, 15) is 4.79 Å². The van der Waals surface area contributed by atoms with Crippen LogP contribution in [0.5, 0.6) is 0 Å². The molecular weight excluding hydrogens is 497 g/mol.